The number of benzene rings is 1. The number of fused-ring (bicyclic) bond motifs is 2. The lowest BCUT2D eigenvalue weighted by Gasteiger charge is -2.10. The van der Waals surface area contributed by atoms with Gasteiger partial charge in [0.2, 0.25) is 0 Å². The second kappa shape index (κ2) is 7.25. The maximum absolute atomic E-state index is 12.7. The van der Waals surface area contributed by atoms with Gasteiger partial charge in [0, 0.05) is 30.8 Å². The minimum absolute atomic E-state index is 0.138. The number of amides is 2. The van der Waals surface area contributed by atoms with E-state index in [1.54, 1.807) is 18.2 Å². The van der Waals surface area contributed by atoms with Crippen LogP contribution < -0.4 is 15.4 Å². The highest BCUT2D eigenvalue weighted by atomic mass is 16.5. The van der Waals surface area contributed by atoms with Crippen molar-refractivity contribution in [2.24, 2.45) is 5.92 Å². The highest BCUT2D eigenvalue weighted by Crippen LogP contribution is 2.28. The summed E-state index contributed by atoms with van der Waals surface area (Å²) < 4.78 is 6.51. The van der Waals surface area contributed by atoms with Crippen LogP contribution in [-0.4, -0.2) is 38.9 Å². The van der Waals surface area contributed by atoms with Gasteiger partial charge >= 0.3 is 5.97 Å². The topological polar surface area (TPSA) is 115 Å². The Morgan fingerprint density at radius 3 is 2.83 bits per heavy atom. The Bertz CT molecular complexity index is 1180. The fourth-order valence-corrected chi connectivity index (χ4v) is 3.41. The van der Waals surface area contributed by atoms with Gasteiger partial charge in [-0.15, -0.1) is 0 Å². The summed E-state index contributed by atoms with van der Waals surface area (Å²) in [5.74, 6) is 0.138. The molecule has 2 amide bonds. The Labute approximate surface area is 171 Å². The van der Waals surface area contributed by atoms with Gasteiger partial charge in [-0.05, 0) is 36.5 Å². The number of aromatic nitrogens is 3. The summed E-state index contributed by atoms with van der Waals surface area (Å²) >= 11 is 0. The number of carbonyl (C=O) groups is 3. The zero-order chi connectivity index (χ0) is 20.7. The van der Waals surface area contributed by atoms with Crippen molar-refractivity contribution in [2.45, 2.75) is 25.8 Å². The van der Waals surface area contributed by atoms with Crippen molar-refractivity contribution < 1.29 is 19.1 Å². The summed E-state index contributed by atoms with van der Waals surface area (Å²) in [6.07, 6.45) is 4.03. The Balaban J connectivity index is 1.32. The summed E-state index contributed by atoms with van der Waals surface area (Å²) in [4.78, 5) is 41.0. The summed E-state index contributed by atoms with van der Waals surface area (Å²) in [5.41, 5.74) is 2.48. The molecule has 1 aliphatic carbocycles. The van der Waals surface area contributed by atoms with Gasteiger partial charge in [0.15, 0.2) is 5.65 Å². The van der Waals surface area contributed by atoms with E-state index < -0.39 is 5.91 Å². The average molecular weight is 405 g/mol. The van der Waals surface area contributed by atoms with Crippen LogP contribution in [-0.2, 0) is 17.8 Å². The van der Waals surface area contributed by atoms with Crippen LogP contribution in [0.4, 0.5) is 0 Å². The second-order valence-corrected chi connectivity index (χ2v) is 7.56. The highest BCUT2D eigenvalue weighted by Gasteiger charge is 2.24. The quantitative estimate of drug-likeness (QED) is 0.471. The molecular weight excluding hydrogens is 386 g/mol. The molecule has 0 radical (unpaired) electrons. The minimum Gasteiger partial charge on any atom is -0.426 e. The molecule has 30 heavy (non-hydrogen) atoms. The monoisotopic (exact) mass is 405 g/mol. The molecule has 5 rings (SSSR count). The van der Waals surface area contributed by atoms with Gasteiger partial charge in [-0.25, -0.2) is 9.50 Å². The summed E-state index contributed by atoms with van der Waals surface area (Å²) in [5, 5.41) is 9.85. The number of rotatable bonds is 6. The Kier molecular flexibility index (Phi) is 4.42. The van der Waals surface area contributed by atoms with Gasteiger partial charge in [-0.1, -0.05) is 6.07 Å². The van der Waals surface area contributed by atoms with Crippen LogP contribution in [0.1, 0.15) is 44.9 Å². The van der Waals surface area contributed by atoms with E-state index in [0.29, 0.717) is 23.9 Å². The standard InChI is InChI=1S/C21H19N5O4/c27-19-8-14-7-13(3-4-17(14)30-19)11-22-20(28)15-9-16(21(29)23-10-12-1-2-12)26-18(25-15)5-6-24-26/h3-7,9,12H,1-2,8,10-11H2,(H,22,28)(H,23,29). The maximum Gasteiger partial charge on any atom is 0.315 e. The van der Waals surface area contributed by atoms with Crippen LogP contribution in [0.5, 0.6) is 5.75 Å². The number of carbonyl (C=O) groups excluding carboxylic acids is 3. The molecule has 2 aliphatic rings. The van der Waals surface area contributed by atoms with Gasteiger partial charge in [0.05, 0.1) is 12.6 Å². The molecular formula is C21H19N5O4. The van der Waals surface area contributed by atoms with Crippen molar-refractivity contribution in [1.82, 2.24) is 25.2 Å². The fraction of sp³-hybridized carbons (Fsp3) is 0.286. The van der Waals surface area contributed by atoms with Crippen molar-refractivity contribution in [3.8, 4) is 5.75 Å². The van der Waals surface area contributed by atoms with Crippen molar-refractivity contribution >= 4 is 23.4 Å². The van der Waals surface area contributed by atoms with E-state index in [4.69, 9.17) is 4.74 Å². The molecule has 1 fully saturated rings. The van der Waals surface area contributed by atoms with Crippen LogP contribution in [0.3, 0.4) is 0 Å². The maximum atomic E-state index is 12.7. The summed E-state index contributed by atoms with van der Waals surface area (Å²) in [7, 11) is 0. The predicted octanol–water partition coefficient (Wildman–Crippen LogP) is 1.26. The van der Waals surface area contributed by atoms with E-state index in [2.05, 4.69) is 20.7 Å². The molecule has 3 aromatic rings. The third kappa shape index (κ3) is 3.61. The molecule has 0 bridgehead atoms. The Hall–Kier alpha value is -3.75. The molecule has 0 spiro atoms. The predicted molar refractivity (Wildman–Crippen MR) is 105 cm³/mol. The number of ether oxygens (including phenoxy) is 1. The molecule has 2 N–H and O–H groups in total. The SMILES string of the molecule is O=C1Cc2cc(CNC(=O)c3cc(C(=O)NCC4CC4)n4nccc4n3)ccc2O1. The van der Waals surface area contributed by atoms with Crippen LogP contribution in [0.25, 0.3) is 5.65 Å². The number of hydrogen-bond acceptors (Lipinski definition) is 6. The van der Waals surface area contributed by atoms with E-state index >= 15 is 0 Å². The van der Waals surface area contributed by atoms with Crippen LogP contribution in [0.2, 0.25) is 0 Å². The lowest BCUT2D eigenvalue weighted by Crippen LogP contribution is -2.29. The lowest BCUT2D eigenvalue weighted by atomic mass is 10.1. The zero-order valence-electron chi connectivity index (χ0n) is 16.1. The normalized spacial score (nSPS) is 15.0. The van der Waals surface area contributed by atoms with Crippen LogP contribution >= 0.6 is 0 Å². The number of nitrogens with one attached hydrogen (secondary N) is 2. The largest absolute Gasteiger partial charge is 0.426 e. The lowest BCUT2D eigenvalue weighted by molar-refractivity contribution is -0.131. The minimum atomic E-state index is -0.400. The first kappa shape index (κ1) is 18.3. The van der Waals surface area contributed by atoms with E-state index in [0.717, 1.165) is 24.0 Å². The third-order valence-electron chi connectivity index (χ3n) is 5.21. The van der Waals surface area contributed by atoms with Gasteiger partial charge in [-0.3, -0.25) is 14.4 Å². The molecule has 3 heterocycles. The summed E-state index contributed by atoms with van der Waals surface area (Å²) in [6, 6.07) is 8.45. The first-order valence-electron chi connectivity index (χ1n) is 9.80. The van der Waals surface area contributed by atoms with E-state index in [1.807, 2.05) is 6.07 Å². The van der Waals surface area contributed by atoms with Crippen molar-refractivity contribution in [3.05, 3.63) is 59.0 Å². The number of hydrogen-bond donors (Lipinski definition) is 2. The molecule has 1 saturated carbocycles. The summed E-state index contributed by atoms with van der Waals surface area (Å²) in [6.45, 7) is 0.881. The molecule has 0 unspecified atom stereocenters. The highest BCUT2D eigenvalue weighted by molar-refractivity contribution is 5.98. The number of nitrogens with zero attached hydrogens (tertiary/aromatic N) is 3. The molecule has 1 aromatic carbocycles. The van der Waals surface area contributed by atoms with Gasteiger partial charge < -0.3 is 15.4 Å². The van der Waals surface area contributed by atoms with Crippen LogP contribution in [0.15, 0.2) is 36.5 Å². The van der Waals surface area contributed by atoms with Crippen molar-refractivity contribution in [3.63, 3.8) is 0 Å². The van der Waals surface area contributed by atoms with E-state index in [1.165, 1.54) is 16.8 Å². The molecule has 9 nitrogen and oxygen atoms in total. The molecule has 2 aromatic heterocycles. The van der Waals surface area contributed by atoms with Crippen molar-refractivity contribution in [2.75, 3.05) is 6.54 Å². The first-order valence-corrected chi connectivity index (χ1v) is 9.80. The van der Waals surface area contributed by atoms with Gasteiger partial charge in [-0.2, -0.15) is 5.10 Å². The molecule has 1 aliphatic heterocycles. The van der Waals surface area contributed by atoms with Gasteiger partial charge in [0.1, 0.15) is 17.1 Å². The number of esters is 1. The Morgan fingerprint density at radius 2 is 2.00 bits per heavy atom. The van der Waals surface area contributed by atoms with Gasteiger partial charge in [0.25, 0.3) is 11.8 Å². The third-order valence-corrected chi connectivity index (χ3v) is 5.21. The van der Waals surface area contributed by atoms with Crippen LogP contribution in [0, 0.1) is 5.92 Å². The van der Waals surface area contributed by atoms with E-state index in [-0.39, 0.29) is 36.2 Å². The molecule has 152 valence electrons. The molecule has 0 saturated heterocycles. The average Bonchev–Trinajstić information content (AvgIpc) is 3.31. The first-order chi connectivity index (χ1) is 14.6. The second-order valence-electron chi connectivity index (χ2n) is 7.56. The Morgan fingerprint density at radius 1 is 1.13 bits per heavy atom. The smallest absolute Gasteiger partial charge is 0.315 e. The molecule has 0 atom stereocenters. The van der Waals surface area contributed by atoms with E-state index in [9.17, 15) is 14.4 Å². The fourth-order valence-electron chi connectivity index (χ4n) is 3.41. The zero-order valence-corrected chi connectivity index (χ0v) is 16.1. The van der Waals surface area contributed by atoms with Crippen molar-refractivity contribution in [1.29, 1.82) is 0 Å². The molecule has 9 heteroatoms.